The smallest absolute Gasteiger partial charge is 0.290 e. The number of rotatable bonds is 6. The van der Waals surface area contributed by atoms with E-state index < -0.39 is 6.04 Å². The zero-order valence-corrected chi connectivity index (χ0v) is 20.2. The number of fused-ring (bicyclic) bond motifs is 2. The molecule has 2 aromatic carbocycles. The molecule has 0 spiro atoms. The van der Waals surface area contributed by atoms with E-state index in [1.807, 2.05) is 43.0 Å². The normalized spacial score (nSPS) is 18.6. The summed E-state index contributed by atoms with van der Waals surface area (Å²) in [6.07, 6.45) is 1.77. The predicted molar refractivity (Wildman–Crippen MR) is 133 cm³/mol. The quantitative estimate of drug-likeness (QED) is 0.551. The van der Waals surface area contributed by atoms with Gasteiger partial charge < -0.3 is 14.1 Å². The molecule has 1 unspecified atom stereocenters. The van der Waals surface area contributed by atoms with Crippen LogP contribution in [0, 0.1) is 13.8 Å². The predicted octanol–water partition coefficient (Wildman–Crippen LogP) is 4.24. The van der Waals surface area contributed by atoms with E-state index >= 15 is 0 Å². The average Bonchev–Trinajstić information content (AvgIpc) is 3.11. The Balaban J connectivity index is 1.56. The van der Waals surface area contributed by atoms with E-state index in [9.17, 15) is 9.59 Å². The van der Waals surface area contributed by atoms with Crippen LogP contribution in [0.1, 0.15) is 57.8 Å². The molecule has 1 aromatic heterocycles. The van der Waals surface area contributed by atoms with E-state index in [1.54, 1.807) is 0 Å². The Labute approximate surface area is 200 Å². The van der Waals surface area contributed by atoms with Crippen molar-refractivity contribution in [2.75, 3.05) is 39.4 Å². The van der Waals surface area contributed by atoms with Crippen molar-refractivity contribution < 1.29 is 13.9 Å². The van der Waals surface area contributed by atoms with Crippen LogP contribution in [0.15, 0.2) is 45.6 Å². The topological polar surface area (TPSA) is 63.0 Å². The van der Waals surface area contributed by atoms with Crippen molar-refractivity contribution in [3.05, 3.63) is 80.2 Å². The molecule has 178 valence electrons. The second-order valence-electron chi connectivity index (χ2n) is 9.43. The van der Waals surface area contributed by atoms with Gasteiger partial charge in [-0.3, -0.25) is 14.5 Å². The number of carbonyl (C=O) groups excluding carboxylic acids is 1. The minimum atomic E-state index is -0.431. The number of ether oxygens (including phenoxy) is 1. The lowest BCUT2D eigenvalue weighted by Crippen LogP contribution is -2.38. The van der Waals surface area contributed by atoms with Gasteiger partial charge in [-0.2, -0.15) is 0 Å². The highest BCUT2D eigenvalue weighted by atomic mass is 16.5. The van der Waals surface area contributed by atoms with Crippen molar-refractivity contribution >= 4 is 16.9 Å². The van der Waals surface area contributed by atoms with E-state index in [0.29, 0.717) is 23.1 Å². The standard InChI is InChI=1S/C28H32N2O4/c1-4-20-6-8-21(9-7-20)25-24-26(31)23-19(3)16-18(2)17-22(23)34-27(24)28(32)30(25)11-5-10-29-12-14-33-15-13-29/h6-9,16-17,25H,4-5,10-15H2,1-3H3. The van der Waals surface area contributed by atoms with Crippen molar-refractivity contribution in [1.82, 2.24) is 9.80 Å². The van der Waals surface area contributed by atoms with E-state index in [-0.39, 0.29) is 17.1 Å². The first kappa shape index (κ1) is 22.8. The molecule has 0 aliphatic carbocycles. The lowest BCUT2D eigenvalue weighted by atomic mass is 9.96. The Morgan fingerprint density at radius 2 is 1.74 bits per heavy atom. The molecule has 0 bridgehead atoms. The fourth-order valence-corrected chi connectivity index (χ4v) is 5.32. The maximum Gasteiger partial charge on any atom is 0.290 e. The van der Waals surface area contributed by atoms with Gasteiger partial charge in [0.15, 0.2) is 5.43 Å². The maximum atomic E-state index is 13.8. The van der Waals surface area contributed by atoms with Crippen LogP contribution in [0.25, 0.3) is 11.0 Å². The zero-order valence-electron chi connectivity index (χ0n) is 20.2. The van der Waals surface area contributed by atoms with Crippen molar-refractivity contribution in [2.24, 2.45) is 0 Å². The van der Waals surface area contributed by atoms with Crippen LogP contribution in [-0.4, -0.2) is 55.1 Å². The second-order valence-corrected chi connectivity index (χ2v) is 9.43. The summed E-state index contributed by atoms with van der Waals surface area (Å²) in [5, 5.41) is 0.572. The fourth-order valence-electron chi connectivity index (χ4n) is 5.32. The van der Waals surface area contributed by atoms with Crippen LogP contribution in [0.3, 0.4) is 0 Å². The summed E-state index contributed by atoms with van der Waals surface area (Å²) in [5.41, 5.74) is 4.93. The van der Waals surface area contributed by atoms with Gasteiger partial charge in [0.05, 0.1) is 30.2 Å². The molecular weight excluding hydrogens is 428 g/mol. The molecule has 2 aliphatic rings. The molecule has 34 heavy (non-hydrogen) atoms. The third-order valence-corrected chi connectivity index (χ3v) is 7.09. The molecule has 1 atom stereocenters. The van der Waals surface area contributed by atoms with Crippen molar-refractivity contribution in [3.63, 3.8) is 0 Å². The molecule has 2 aliphatic heterocycles. The Hall–Kier alpha value is -2.96. The van der Waals surface area contributed by atoms with Crippen LogP contribution in [0.4, 0.5) is 0 Å². The van der Waals surface area contributed by atoms with Crippen molar-refractivity contribution in [1.29, 1.82) is 0 Å². The fraction of sp³-hybridized carbons (Fsp3) is 0.429. The van der Waals surface area contributed by atoms with Gasteiger partial charge in [-0.25, -0.2) is 0 Å². The molecule has 1 amide bonds. The maximum absolute atomic E-state index is 13.8. The summed E-state index contributed by atoms with van der Waals surface area (Å²) in [4.78, 5) is 31.6. The van der Waals surface area contributed by atoms with Crippen LogP contribution in [0.5, 0.6) is 0 Å². The monoisotopic (exact) mass is 460 g/mol. The number of morpholine rings is 1. The zero-order chi connectivity index (χ0) is 23.8. The molecule has 5 rings (SSSR count). The number of aryl methyl sites for hydroxylation is 3. The first-order chi connectivity index (χ1) is 16.5. The molecule has 0 radical (unpaired) electrons. The molecule has 0 N–H and O–H groups in total. The van der Waals surface area contributed by atoms with E-state index in [2.05, 4.69) is 24.0 Å². The Bertz CT molecular complexity index is 1270. The Kier molecular flexibility index (Phi) is 6.28. The van der Waals surface area contributed by atoms with Gasteiger partial charge in [-0.1, -0.05) is 37.3 Å². The summed E-state index contributed by atoms with van der Waals surface area (Å²) in [5.74, 6) is -0.00172. The van der Waals surface area contributed by atoms with E-state index in [4.69, 9.17) is 9.15 Å². The van der Waals surface area contributed by atoms with Crippen molar-refractivity contribution in [3.8, 4) is 0 Å². The molecule has 6 heteroatoms. The minimum Gasteiger partial charge on any atom is -0.450 e. The van der Waals surface area contributed by atoms with Crippen LogP contribution < -0.4 is 5.43 Å². The highest BCUT2D eigenvalue weighted by Gasteiger charge is 2.42. The lowest BCUT2D eigenvalue weighted by Gasteiger charge is -2.29. The summed E-state index contributed by atoms with van der Waals surface area (Å²) in [7, 11) is 0. The number of carbonyl (C=O) groups is 1. The highest BCUT2D eigenvalue weighted by Crippen LogP contribution is 2.38. The van der Waals surface area contributed by atoms with E-state index in [1.165, 1.54) is 5.56 Å². The van der Waals surface area contributed by atoms with Crippen LogP contribution in [0.2, 0.25) is 0 Å². The first-order valence-electron chi connectivity index (χ1n) is 12.3. The molecule has 3 aromatic rings. The largest absolute Gasteiger partial charge is 0.450 e. The van der Waals surface area contributed by atoms with Crippen LogP contribution >= 0.6 is 0 Å². The van der Waals surface area contributed by atoms with Gasteiger partial charge in [0, 0.05) is 26.2 Å². The lowest BCUT2D eigenvalue weighted by molar-refractivity contribution is 0.0353. The molecule has 0 saturated carbocycles. The van der Waals surface area contributed by atoms with E-state index in [0.717, 1.165) is 62.4 Å². The van der Waals surface area contributed by atoms with Gasteiger partial charge >= 0.3 is 0 Å². The van der Waals surface area contributed by atoms with Gasteiger partial charge in [-0.05, 0) is 55.0 Å². The minimum absolute atomic E-state index is 0.0950. The molecule has 1 fully saturated rings. The molecule has 3 heterocycles. The Morgan fingerprint density at radius 1 is 1.00 bits per heavy atom. The number of hydrogen-bond donors (Lipinski definition) is 0. The van der Waals surface area contributed by atoms with Gasteiger partial charge in [0.25, 0.3) is 5.91 Å². The number of benzene rings is 2. The van der Waals surface area contributed by atoms with Gasteiger partial charge in [0.2, 0.25) is 5.76 Å². The third-order valence-electron chi connectivity index (χ3n) is 7.09. The summed E-state index contributed by atoms with van der Waals surface area (Å²) >= 11 is 0. The molecular formula is C28H32N2O4. The number of hydrogen-bond acceptors (Lipinski definition) is 5. The summed E-state index contributed by atoms with van der Waals surface area (Å²) < 4.78 is 11.6. The van der Waals surface area contributed by atoms with Gasteiger partial charge in [-0.15, -0.1) is 0 Å². The van der Waals surface area contributed by atoms with Crippen LogP contribution in [-0.2, 0) is 11.2 Å². The first-order valence-corrected chi connectivity index (χ1v) is 12.3. The molecule has 6 nitrogen and oxygen atoms in total. The van der Waals surface area contributed by atoms with Crippen molar-refractivity contribution in [2.45, 2.75) is 39.7 Å². The van der Waals surface area contributed by atoms with Gasteiger partial charge in [0.1, 0.15) is 5.58 Å². The second kappa shape index (κ2) is 9.35. The third kappa shape index (κ3) is 4.05. The highest BCUT2D eigenvalue weighted by molar-refractivity contribution is 5.99. The molecule has 1 saturated heterocycles. The SMILES string of the molecule is CCc1ccc(C2c3c(oc4cc(C)cc(C)c4c3=O)C(=O)N2CCCN2CCOCC2)cc1. The average molecular weight is 461 g/mol. The summed E-state index contributed by atoms with van der Waals surface area (Å²) in [6.45, 7) is 10.8. The summed E-state index contributed by atoms with van der Waals surface area (Å²) in [6, 6.07) is 11.7. The number of amides is 1. The Morgan fingerprint density at radius 3 is 2.44 bits per heavy atom. The number of nitrogens with zero attached hydrogens (tertiary/aromatic N) is 2.